The Bertz CT molecular complexity index is 940. The van der Waals surface area contributed by atoms with Crippen molar-refractivity contribution in [1.29, 1.82) is 0 Å². The fourth-order valence-corrected chi connectivity index (χ4v) is 2.93. The molecular formula is C22H22O5. The van der Waals surface area contributed by atoms with E-state index in [9.17, 15) is 4.79 Å². The number of Topliss-reactive ketones (excluding diaryl/α,β-unsaturated/α-hetero) is 1. The minimum absolute atomic E-state index is 0.168. The Kier molecular flexibility index (Phi) is 5.21. The monoisotopic (exact) mass is 366 g/mol. The van der Waals surface area contributed by atoms with Crippen molar-refractivity contribution in [2.45, 2.75) is 13.8 Å². The standard InChI is InChI=1S/C22H22O5/c1-13(2)12-26-16-9-14(3)20-18(11-16)27-19(21(20)23)10-15-7-6-8-17(24-4)22(15)25-5/h6-11H,1,12H2,2-5H3/b19-10-. The lowest BCUT2D eigenvalue weighted by Gasteiger charge is -2.10. The summed E-state index contributed by atoms with van der Waals surface area (Å²) in [5, 5.41) is 0. The second kappa shape index (κ2) is 7.58. The maximum atomic E-state index is 12.8. The molecule has 1 aliphatic rings. The molecule has 0 saturated carbocycles. The van der Waals surface area contributed by atoms with Crippen LogP contribution in [0.25, 0.3) is 6.08 Å². The Morgan fingerprint density at radius 3 is 2.67 bits per heavy atom. The normalized spacial score (nSPS) is 13.9. The van der Waals surface area contributed by atoms with Gasteiger partial charge < -0.3 is 18.9 Å². The van der Waals surface area contributed by atoms with Crippen LogP contribution in [0.2, 0.25) is 0 Å². The molecular weight excluding hydrogens is 344 g/mol. The lowest BCUT2D eigenvalue weighted by Crippen LogP contribution is -2.01. The summed E-state index contributed by atoms with van der Waals surface area (Å²) in [6.45, 7) is 7.99. The summed E-state index contributed by atoms with van der Waals surface area (Å²) in [5.41, 5.74) is 2.96. The number of hydrogen-bond donors (Lipinski definition) is 0. The van der Waals surface area contributed by atoms with E-state index in [0.717, 1.165) is 11.1 Å². The third-order valence-corrected chi connectivity index (χ3v) is 4.15. The number of allylic oxidation sites excluding steroid dienone is 1. The molecule has 0 N–H and O–H groups in total. The first-order valence-electron chi connectivity index (χ1n) is 8.51. The van der Waals surface area contributed by atoms with Gasteiger partial charge in [0.2, 0.25) is 5.78 Å². The van der Waals surface area contributed by atoms with Gasteiger partial charge in [-0.15, -0.1) is 0 Å². The number of carbonyl (C=O) groups is 1. The van der Waals surface area contributed by atoms with Crippen LogP contribution in [0.15, 0.2) is 48.2 Å². The number of methoxy groups -OCH3 is 2. The van der Waals surface area contributed by atoms with Crippen molar-refractivity contribution in [3.8, 4) is 23.0 Å². The highest BCUT2D eigenvalue weighted by molar-refractivity contribution is 6.15. The predicted octanol–water partition coefficient (Wildman–Crippen LogP) is 4.58. The average Bonchev–Trinajstić information content (AvgIpc) is 2.95. The van der Waals surface area contributed by atoms with Gasteiger partial charge in [-0.2, -0.15) is 0 Å². The maximum Gasteiger partial charge on any atom is 0.232 e. The zero-order valence-corrected chi connectivity index (χ0v) is 15.9. The van der Waals surface area contributed by atoms with Crippen LogP contribution in [0.1, 0.15) is 28.4 Å². The van der Waals surface area contributed by atoms with Crippen LogP contribution in [0.5, 0.6) is 23.0 Å². The topological polar surface area (TPSA) is 54.0 Å². The van der Waals surface area contributed by atoms with Gasteiger partial charge in [0.1, 0.15) is 18.1 Å². The zero-order chi connectivity index (χ0) is 19.6. The van der Waals surface area contributed by atoms with E-state index in [4.69, 9.17) is 18.9 Å². The smallest absolute Gasteiger partial charge is 0.232 e. The van der Waals surface area contributed by atoms with Crippen LogP contribution in [-0.4, -0.2) is 26.6 Å². The molecule has 5 nitrogen and oxygen atoms in total. The number of ether oxygens (including phenoxy) is 4. The molecule has 0 unspecified atom stereocenters. The minimum atomic E-state index is -0.168. The fraction of sp³-hybridized carbons (Fsp3) is 0.227. The predicted molar refractivity (Wildman–Crippen MR) is 104 cm³/mol. The number of ketones is 1. The molecule has 2 aromatic carbocycles. The van der Waals surface area contributed by atoms with E-state index in [1.165, 1.54) is 0 Å². The largest absolute Gasteiger partial charge is 0.493 e. The van der Waals surface area contributed by atoms with Gasteiger partial charge in [0.25, 0.3) is 0 Å². The van der Waals surface area contributed by atoms with Gasteiger partial charge in [-0.05, 0) is 43.2 Å². The Balaban J connectivity index is 1.96. The number of fused-ring (bicyclic) bond motifs is 1. The number of aryl methyl sites for hydroxylation is 1. The fourth-order valence-electron chi connectivity index (χ4n) is 2.93. The molecule has 0 aliphatic carbocycles. The van der Waals surface area contributed by atoms with Crippen LogP contribution in [0, 0.1) is 6.92 Å². The minimum Gasteiger partial charge on any atom is -0.493 e. The van der Waals surface area contributed by atoms with Crippen molar-refractivity contribution in [2.24, 2.45) is 0 Å². The Hall–Kier alpha value is -3.21. The summed E-state index contributed by atoms with van der Waals surface area (Å²) >= 11 is 0. The molecule has 0 amide bonds. The summed E-state index contributed by atoms with van der Waals surface area (Å²) in [6.07, 6.45) is 1.66. The number of para-hydroxylation sites is 1. The lowest BCUT2D eigenvalue weighted by atomic mass is 10.0. The maximum absolute atomic E-state index is 12.8. The highest BCUT2D eigenvalue weighted by atomic mass is 16.5. The van der Waals surface area contributed by atoms with Crippen LogP contribution in [-0.2, 0) is 0 Å². The quantitative estimate of drug-likeness (QED) is 0.553. The highest BCUT2D eigenvalue weighted by Gasteiger charge is 2.30. The van der Waals surface area contributed by atoms with Gasteiger partial charge in [-0.1, -0.05) is 18.7 Å². The first-order chi connectivity index (χ1) is 12.9. The van der Waals surface area contributed by atoms with Crippen molar-refractivity contribution in [3.63, 3.8) is 0 Å². The van der Waals surface area contributed by atoms with E-state index in [2.05, 4.69) is 6.58 Å². The molecule has 27 heavy (non-hydrogen) atoms. The number of rotatable bonds is 6. The van der Waals surface area contributed by atoms with Crippen LogP contribution in [0.4, 0.5) is 0 Å². The Labute approximate surface area is 158 Å². The Morgan fingerprint density at radius 1 is 1.22 bits per heavy atom. The molecule has 0 aromatic heterocycles. The van der Waals surface area contributed by atoms with Crippen LogP contribution in [0.3, 0.4) is 0 Å². The summed E-state index contributed by atoms with van der Waals surface area (Å²) in [6, 6.07) is 9.02. The van der Waals surface area contributed by atoms with E-state index in [0.29, 0.717) is 40.7 Å². The molecule has 140 valence electrons. The molecule has 1 heterocycles. The van der Waals surface area contributed by atoms with Crippen molar-refractivity contribution in [2.75, 3.05) is 20.8 Å². The van der Waals surface area contributed by atoms with E-state index in [1.54, 1.807) is 32.4 Å². The molecule has 5 heteroatoms. The molecule has 0 atom stereocenters. The Morgan fingerprint density at radius 2 is 2.00 bits per heavy atom. The third kappa shape index (κ3) is 3.67. The number of carbonyl (C=O) groups excluding carboxylic acids is 1. The van der Waals surface area contributed by atoms with Crippen LogP contribution >= 0.6 is 0 Å². The second-order valence-corrected chi connectivity index (χ2v) is 6.38. The van der Waals surface area contributed by atoms with Crippen molar-refractivity contribution in [1.82, 2.24) is 0 Å². The van der Waals surface area contributed by atoms with Crippen LogP contribution < -0.4 is 18.9 Å². The molecule has 2 aromatic rings. The summed E-state index contributed by atoms with van der Waals surface area (Å²) < 4.78 is 22.2. The van der Waals surface area contributed by atoms with E-state index in [-0.39, 0.29) is 11.5 Å². The lowest BCUT2D eigenvalue weighted by molar-refractivity contribution is 0.101. The van der Waals surface area contributed by atoms with Crippen molar-refractivity contribution in [3.05, 3.63) is 64.9 Å². The SMILES string of the molecule is C=C(C)COc1cc(C)c2c(c1)O/C(=C\c1cccc(OC)c1OC)C2=O. The third-order valence-electron chi connectivity index (χ3n) is 4.15. The number of benzene rings is 2. The highest BCUT2D eigenvalue weighted by Crippen LogP contribution is 2.39. The molecule has 0 fully saturated rings. The molecule has 0 bridgehead atoms. The molecule has 0 radical (unpaired) electrons. The van der Waals surface area contributed by atoms with Gasteiger partial charge in [-0.3, -0.25) is 4.79 Å². The molecule has 0 saturated heterocycles. The average molecular weight is 366 g/mol. The van der Waals surface area contributed by atoms with Crippen molar-refractivity contribution < 1.29 is 23.7 Å². The first kappa shape index (κ1) is 18.6. The summed E-state index contributed by atoms with van der Waals surface area (Å²) in [5.74, 6) is 2.33. The van der Waals surface area contributed by atoms with Crippen molar-refractivity contribution >= 4 is 11.9 Å². The van der Waals surface area contributed by atoms with Gasteiger partial charge in [-0.25, -0.2) is 0 Å². The van der Waals surface area contributed by atoms with Gasteiger partial charge in [0, 0.05) is 11.6 Å². The number of hydrogen-bond acceptors (Lipinski definition) is 5. The summed E-state index contributed by atoms with van der Waals surface area (Å²) in [4.78, 5) is 12.8. The molecule has 0 spiro atoms. The molecule has 1 aliphatic heterocycles. The van der Waals surface area contributed by atoms with E-state index >= 15 is 0 Å². The summed E-state index contributed by atoms with van der Waals surface area (Å²) in [7, 11) is 3.12. The zero-order valence-electron chi connectivity index (χ0n) is 15.9. The van der Waals surface area contributed by atoms with E-state index in [1.807, 2.05) is 32.0 Å². The molecule has 3 rings (SSSR count). The first-order valence-corrected chi connectivity index (χ1v) is 8.51. The van der Waals surface area contributed by atoms with E-state index < -0.39 is 0 Å². The van der Waals surface area contributed by atoms with Gasteiger partial charge >= 0.3 is 0 Å². The van der Waals surface area contributed by atoms with Gasteiger partial charge in [0.05, 0.1) is 19.8 Å². The second-order valence-electron chi connectivity index (χ2n) is 6.38. The van der Waals surface area contributed by atoms with Gasteiger partial charge in [0.15, 0.2) is 17.3 Å².